The van der Waals surface area contributed by atoms with Gasteiger partial charge in [0.2, 0.25) is 29.5 Å². The number of aliphatic carboxylic acids is 2. The Labute approximate surface area is 176 Å². The van der Waals surface area contributed by atoms with Crippen molar-refractivity contribution in [1.29, 1.82) is 0 Å². The molecule has 0 spiro atoms. The topological polar surface area (TPSA) is 274 Å². The van der Waals surface area contributed by atoms with Gasteiger partial charge >= 0.3 is 11.9 Å². The quantitative estimate of drug-likeness (QED) is 0.126. The molecule has 0 aromatic heterocycles. The summed E-state index contributed by atoms with van der Waals surface area (Å²) < 4.78 is 0. The van der Waals surface area contributed by atoms with Crippen molar-refractivity contribution < 1.29 is 43.8 Å². The fourth-order valence-corrected chi connectivity index (χ4v) is 2.18. The molecular weight excluding hydrogens is 420 g/mol. The second-order valence-electron chi connectivity index (χ2n) is 6.57. The van der Waals surface area contributed by atoms with Gasteiger partial charge in [0.15, 0.2) is 0 Å². The number of primary amides is 2. The summed E-state index contributed by atoms with van der Waals surface area (Å²) in [5.41, 5.74) is 15.5. The molecule has 4 unspecified atom stereocenters. The van der Waals surface area contributed by atoms with Crippen LogP contribution in [0.1, 0.15) is 32.6 Å². The predicted octanol–water partition coefficient (Wildman–Crippen LogP) is -4.51. The molecular formula is C16H26N6O9. The molecule has 15 nitrogen and oxygen atoms in total. The van der Waals surface area contributed by atoms with E-state index in [2.05, 4.69) is 10.6 Å². The maximum Gasteiger partial charge on any atom is 0.325 e. The maximum absolute atomic E-state index is 12.6. The fourth-order valence-electron chi connectivity index (χ4n) is 2.18. The average Bonchev–Trinajstić information content (AvgIpc) is 2.62. The highest BCUT2D eigenvalue weighted by atomic mass is 16.4. The zero-order valence-corrected chi connectivity index (χ0v) is 16.6. The molecule has 0 aromatic carbocycles. The first kappa shape index (κ1) is 27.2. The van der Waals surface area contributed by atoms with Gasteiger partial charge in [-0.25, -0.2) is 0 Å². The Balaban J connectivity index is 5.45. The number of hydrogen-bond acceptors (Lipinski definition) is 8. The van der Waals surface area contributed by atoms with Crippen LogP contribution in [0.15, 0.2) is 0 Å². The number of carboxylic acid groups (broad SMARTS) is 2. The standard InChI is InChI=1S/C16H26N6O9/c1-6(16(30)31)20-15(29)9(5-11(19)24)22-14(28)8(2-3-12(25)26)21-13(27)7(17)4-10(18)23/h6-9H,2-5,17H2,1H3,(H2,18,23)(H2,19,24)(H,20,29)(H,21,27)(H,22,28)(H,25,26)(H,30,31). The van der Waals surface area contributed by atoms with E-state index in [0.717, 1.165) is 6.92 Å². The molecule has 0 fully saturated rings. The molecule has 0 rings (SSSR count). The summed E-state index contributed by atoms with van der Waals surface area (Å²) in [4.78, 5) is 80.7. The van der Waals surface area contributed by atoms with Crippen molar-refractivity contribution in [3.05, 3.63) is 0 Å². The molecule has 0 heterocycles. The molecule has 15 heteroatoms. The number of rotatable bonds is 14. The van der Waals surface area contributed by atoms with Gasteiger partial charge in [-0.2, -0.15) is 0 Å². The minimum Gasteiger partial charge on any atom is -0.481 e. The summed E-state index contributed by atoms with van der Waals surface area (Å²) in [6, 6.07) is -5.88. The summed E-state index contributed by atoms with van der Waals surface area (Å²) >= 11 is 0. The van der Waals surface area contributed by atoms with Crippen LogP contribution in [-0.4, -0.2) is 75.9 Å². The Morgan fingerprint density at radius 2 is 1.26 bits per heavy atom. The molecule has 0 aromatic rings. The lowest BCUT2D eigenvalue weighted by Gasteiger charge is -2.24. The largest absolute Gasteiger partial charge is 0.481 e. The number of carbonyl (C=O) groups excluding carboxylic acids is 5. The minimum absolute atomic E-state index is 0.424. The number of nitrogens with two attached hydrogens (primary N) is 3. The third-order valence-corrected chi connectivity index (χ3v) is 3.81. The Morgan fingerprint density at radius 3 is 1.71 bits per heavy atom. The van der Waals surface area contributed by atoms with E-state index in [4.69, 9.17) is 27.4 Å². The lowest BCUT2D eigenvalue weighted by Crippen LogP contribution is -2.57. The van der Waals surface area contributed by atoms with Crippen LogP contribution in [0.2, 0.25) is 0 Å². The van der Waals surface area contributed by atoms with Gasteiger partial charge in [0.1, 0.15) is 18.1 Å². The molecule has 0 aliphatic carbocycles. The summed E-state index contributed by atoms with van der Waals surface area (Å²) in [5, 5.41) is 24.0. The molecule has 0 aliphatic heterocycles. The van der Waals surface area contributed by atoms with Gasteiger partial charge in [-0.1, -0.05) is 0 Å². The summed E-state index contributed by atoms with van der Waals surface area (Å²) in [6.07, 6.45) is -2.23. The second-order valence-corrected chi connectivity index (χ2v) is 6.57. The van der Waals surface area contributed by atoms with Crippen molar-refractivity contribution in [3.8, 4) is 0 Å². The Hall–Kier alpha value is -3.75. The number of nitrogens with one attached hydrogen (secondary N) is 3. The first-order valence-corrected chi connectivity index (χ1v) is 8.92. The van der Waals surface area contributed by atoms with Gasteiger partial charge in [-0.3, -0.25) is 33.6 Å². The average molecular weight is 446 g/mol. The SMILES string of the molecule is CC(NC(=O)C(CC(N)=O)NC(=O)C(CCC(=O)O)NC(=O)C(N)CC(N)=O)C(=O)O. The van der Waals surface area contributed by atoms with E-state index in [1.807, 2.05) is 5.32 Å². The fraction of sp³-hybridized carbons (Fsp3) is 0.562. The monoisotopic (exact) mass is 446 g/mol. The van der Waals surface area contributed by atoms with E-state index in [1.165, 1.54) is 0 Å². The van der Waals surface area contributed by atoms with E-state index in [-0.39, 0.29) is 0 Å². The normalized spacial score (nSPS) is 14.3. The van der Waals surface area contributed by atoms with Gasteiger partial charge in [-0.15, -0.1) is 0 Å². The minimum atomic E-state index is -1.60. The molecule has 0 radical (unpaired) electrons. The van der Waals surface area contributed by atoms with Crippen LogP contribution < -0.4 is 33.2 Å². The molecule has 174 valence electrons. The van der Waals surface area contributed by atoms with Crippen LogP contribution in [0.4, 0.5) is 0 Å². The highest BCUT2D eigenvalue weighted by Gasteiger charge is 2.30. The maximum atomic E-state index is 12.6. The summed E-state index contributed by atoms with van der Waals surface area (Å²) in [7, 11) is 0. The van der Waals surface area contributed by atoms with Gasteiger partial charge in [0, 0.05) is 6.42 Å². The number of carboxylic acids is 2. The lowest BCUT2D eigenvalue weighted by atomic mass is 10.1. The van der Waals surface area contributed by atoms with Gasteiger partial charge < -0.3 is 43.4 Å². The van der Waals surface area contributed by atoms with Crippen LogP contribution >= 0.6 is 0 Å². The lowest BCUT2D eigenvalue weighted by molar-refractivity contribution is -0.142. The van der Waals surface area contributed by atoms with Crippen LogP contribution in [0.25, 0.3) is 0 Å². The molecule has 0 aliphatic rings. The van der Waals surface area contributed by atoms with Crippen LogP contribution in [-0.2, 0) is 33.6 Å². The number of hydrogen-bond donors (Lipinski definition) is 8. The second kappa shape index (κ2) is 12.7. The zero-order chi connectivity index (χ0) is 24.3. The van der Waals surface area contributed by atoms with E-state index in [9.17, 15) is 33.6 Å². The number of carbonyl (C=O) groups is 7. The Kier molecular flexibility index (Phi) is 11.2. The van der Waals surface area contributed by atoms with Crippen LogP contribution in [0, 0.1) is 0 Å². The highest BCUT2D eigenvalue weighted by Crippen LogP contribution is 2.03. The Bertz CT molecular complexity index is 741. The van der Waals surface area contributed by atoms with Crippen molar-refractivity contribution in [1.82, 2.24) is 16.0 Å². The summed E-state index contributed by atoms with van der Waals surface area (Å²) in [6.45, 7) is 1.14. The van der Waals surface area contributed by atoms with Crippen molar-refractivity contribution in [2.75, 3.05) is 0 Å². The first-order valence-electron chi connectivity index (χ1n) is 8.92. The van der Waals surface area contributed by atoms with Gasteiger partial charge in [0.05, 0.1) is 18.9 Å². The van der Waals surface area contributed by atoms with Gasteiger partial charge in [-0.05, 0) is 13.3 Å². The molecule has 5 amide bonds. The molecule has 31 heavy (non-hydrogen) atoms. The molecule has 0 bridgehead atoms. The van der Waals surface area contributed by atoms with Crippen LogP contribution in [0.3, 0.4) is 0 Å². The predicted molar refractivity (Wildman–Crippen MR) is 102 cm³/mol. The number of amides is 5. The van der Waals surface area contributed by atoms with Crippen molar-refractivity contribution >= 4 is 41.5 Å². The van der Waals surface area contributed by atoms with Crippen molar-refractivity contribution in [2.24, 2.45) is 17.2 Å². The molecule has 4 atom stereocenters. The van der Waals surface area contributed by atoms with E-state index < -0.39 is 91.3 Å². The van der Waals surface area contributed by atoms with Crippen LogP contribution in [0.5, 0.6) is 0 Å². The molecule has 11 N–H and O–H groups in total. The van der Waals surface area contributed by atoms with E-state index in [1.54, 1.807) is 0 Å². The highest BCUT2D eigenvalue weighted by molar-refractivity contribution is 5.96. The Morgan fingerprint density at radius 1 is 0.774 bits per heavy atom. The molecule has 0 saturated heterocycles. The zero-order valence-electron chi connectivity index (χ0n) is 16.6. The van der Waals surface area contributed by atoms with Gasteiger partial charge in [0.25, 0.3) is 0 Å². The van der Waals surface area contributed by atoms with Crippen molar-refractivity contribution in [3.63, 3.8) is 0 Å². The molecule has 0 saturated carbocycles. The van der Waals surface area contributed by atoms with E-state index >= 15 is 0 Å². The smallest absolute Gasteiger partial charge is 0.325 e. The third-order valence-electron chi connectivity index (χ3n) is 3.81. The van der Waals surface area contributed by atoms with Crippen molar-refractivity contribution in [2.45, 2.75) is 56.8 Å². The first-order chi connectivity index (χ1) is 14.2. The van der Waals surface area contributed by atoms with E-state index in [0.29, 0.717) is 0 Å². The summed E-state index contributed by atoms with van der Waals surface area (Å²) in [5.74, 6) is -7.67. The third kappa shape index (κ3) is 11.1.